The van der Waals surface area contributed by atoms with E-state index in [-0.39, 0.29) is 16.6 Å². The molecule has 152 valence electrons. The predicted octanol–water partition coefficient (Wildman–Crippen LogP) is 3.75. The van der Waals surface area contributed by atoms with Crippen LogP contribution in [0.25, 0.3) is 11.4 Å². The Labute approximate surface area is 175 Å². The summed E-state index contributed by atoms with van der Waals surface area (Å²) in [5.41, 5.74) is 3.27. The fraction of sp³-hybridized carbons (Fsp3) is 0.318. The summed E-state index contributed by atoms with van der Waals surface area (Å²) in [6.45, 7) is 8.84. The van der Waals surface area contributed by atoms with Gasteiger partial charge in [0.1, 0.15) is 0 Å². The summed E-state index contributed by atoms with van der Waals surface area (Å²) in [5, 5.41) is 11.5. The predicted molar refractivity (Wildman–Crippen MR) is 118 cm³/mol. The highest BCUT2D eigenvalue weighted by molar-refractivity contribution is 8.00. The fourth-order valence-corrected chi connectivity index (χ4v) is 3.61. The molecule has 3 N–H and O–H groups in total. The Kier molecular flexibility index (Phi) is 6.27. The zero-order chi connectivity index (χ0) is 21.0. The second-order valence-electron chi connectivity index (χ2n) is 7.97. The highest BCUT2D eigenvalue weighted by atomic mass is 32.2. The Balaban J connectivity index is 1.65. The van der Waals surface area contributed by atoms with Crippen molar-refractivity contribution in [3.8, 4) is 11.4 Å². The fourth-order valence-electron chi connectivity index (χ4n) is 2.81. The topological polar surface area (TPSA) is 85.8 Å². The molecule has 3 aromatic rings. The minimum Gasteiger partial charge on any atom is -0.351 e. The average molecular weight is 410 g/mol. The van der Waals surface area contributed by atoms with Crippen molar-refractivity contribution in [3.63, 3.8) is 0 Å². The first-order chi connectivity index (χ1) is 13.8. The molecule has 6 nitrogen and oxygen atoms in total. The summed E-state index contributed by atoms with van der Waals surface area (Å²) in [6, 6.07) is 18.0. The molecule has 3 rings (SSSR count). The van der Waals surface area contributed by atoms with E-state index in [0.29, 0.717) is 17.5 Å². The van der Waals surface area contributed by atoms with E-state index < -0.39 is 0 Å². The van der Waals surface area contributed by atoms with Gasteiger partial charge in [0.15, 0.2) is 5.82 Å². The third-order valence-corrected chi connectivity index (χ3v) is 5.69. The van der Waals surface area contributed by atoms with Crippen LogP contribution in [0.15, 0.2) is 59.8 Å². The van der Waals surface area contributed by atoms with Crippen LogP contribution in [0.5, 0.6) is 0 Å². The Morgan fingerprint density at radius 3 is 2.38 bits per heavy atom. The normalized spacial score (nSPS) is 12.6. The molecule has 0 bridgehead atoms. The van der Waals surface area contributed by atoms with Crippen molar-refractivity contribution in [1.29, 1.82) is 0 Å². The number of nitrogens with zero attached hydrogens (tertiary/aromatic N) is 3. The van der Waals surface area contributed by atoms with Crippen molar-refractivity contribution < 1.29 is 4.79 Å². The summed E-state index contributed by atoms with van der Waals surface area (Å²) in [7, 11) is 0. The van der Waals surface area contributed by atoms with Gasteiger partial charge in [0.05, 0.1) is 5.25 Å². The van der Waals surface area contributed by atoms with Crippen LogP contribution in [0.1, 0.15) is 38.8 Å². The van der Waals surface area contributed by atoms with E-state index in [2.05, 4.69) is 48.4 Å². The van der Waals surface area contributed by atoms with Gasteiger partial charge in [-0.05, 0) is 23.5 Å². The zero-order valence-electron chi connectivity index (χ0n) is 17.2. The van der Waals surface area contributed by atoms with Gasteiger partial charge in [0.2, 0.25) is 11.1 Å². The number of carbonyl (C=O) groups is 1. The molecule has 0 fully saturated rings. The number of nitrogen functional groups attached to an aromatic ring is 1. The minimum atomic E-state index is -0.346. The maximum atomic E-state index is 12.4. The number of thioether (sulfide) groups is 1. The zero-order valence-corrected chi connectivity index (χ0v) is 18.0. The number of hydrogen-bond acceptors (Lipinski definition) is 5. The average Bonchev–Trinajstić information content (AvgIpc) is 3.06. The number of rotatable bonds is 6. The van der Waals surface area contributed by atoms with Gasteiger partial charge in [-0.1, -0.05) is 87.1 Å². The molecule has 1 atom stereocenters. The summed E-state index contributed by atoms with van der Waals surface area (Å²) in [6.07, 6.45) is 0. The summed E-state index contributed by atoms with van der Waals surface area (Å²) >= 11 is 1.29. The highest BCUT2D eigenvalue weighted by Crippen LogP contribution is 2.27. The first-order valence-electron chi connectivity index (χ1n) is 9.55. The molecule has 0 spiro atoms. The number of aromatic nitrogens is 3. The number of amides is 1. The van der Waals surface area contributed by atoms with Gasteiger partial charge in [-0.2, -0.15) is 0 Å². The molecule has 29 heavy (non-hydrogen) atoms. The molecule has 7 heteroatoms. The first kappa shape index (κ1) is 20.9. The van der Waals surface area contributed by atoms with E-state index in [1.165, 1.54) is 22.0 Å². The second-order valence-corrected chi connectivity index (χ2v) is 9.27. The van der Waals surface area contributed by atoms with Crippen molar-refractivity contribution in [2.45, 2.75) is 50.1 Å². The lowest BCUT2D eigenvalue weighted by atomic mass is 9.87. The van der Waals surface area contributed by atoms with Gasteiger partial charge in [0, 0.05) is 12.1 Å². The largest absolute Gasteiger partial charge is 0.351 e. The van der Waals surface area contributed by atoms with E-state index >= 15 is 0 Å². The lowest BCUT2D eigenvalue weighted by Crippen LogP contribution is -2.30. The minimum absolute atomic E-state index is 0.0714. The number of carbonyl (C=O) groups excluding carboxylic acids is 1. The molecule has 1 aromatic heterocycles. The molecule has 0 aliphatic rings. The Bertz CT molecular complexity index is 961. The van der Waals surface area contributed by atoms with Gasteiger partial charge in [0.25, 0.3) is 0 Å². The van der Waals surface area contributed by atoms with Crippen LogP contribution in [0, 0.1) is 0 Å². The molecule has 0 saturated carbocycles. The van der Waals surface area contributed by atoms with Crippen molar-refractivity contribution in [2.75, 3.05) is 5.84 Å². The van der Waals surface area contributed by atoms with Crippen LogP contribution in [0.3, 0.4) is 0 Å². The van der Waals surface area contributed by atoms with E-state index in [9.17, 15) is 4.79 Å². The first-order valence-corrected chi connectivity index (χ1v) is 10.4. The molecule has 2 aromatic carbocycles. The van der Waals surface area contributed by atoms with Gasteiger partial charge < -0.3 is 11.2 Å². The second kappa shape index (κ2) is 8.69. The van der Waals surface area contributed by atoms with E-state index in [1.54, 1.807) is 0 Å². The molecule has 0 radical (unpaired) electrons. The lowest BCUT2D eigenvalue weighted by Gasteiger charge is -2.19. The van der Waals surface area contributed by atoms with Crippen LogP contribution >= 0.6 is 11.8 Å². The third-order valence-electron chi connectivity index (χ3n) is 4.63. The Morgan fingerprint density at radius 1 is 1.10 bits per heavy atom. The van der Waals surface area contributed by atoms with Crippen LogP contribution in [-0.2, 0) is 16.8 Å². The third kappa shape index (κ3) is 5.17. The van der Waals surface area contributed by atoms with Gasteiger partial charge in [-0.3, -0.25) is 4.79 Å². The summed E-state index contributed by atoms with van der Waals surface area (Å²) < 4.78 is 1.44. The molecule has 0 aliphatic heterocycles. The van der Waals surface area contributed by atoms with Crippen molar-refractivity contribution in [3.05, 3.63) is 65.7 Å². The van der Waals surface area contributed by atoms with Crippen molar-refractivity contribution in [2.24, 2.45) is 0 Å². The molecule has 0 saturated heterocycles. The van der Waals surface area contributed by atoms with Gasteiger partial charge >= 0.3 is 0 Å². The van der Waals surface area contributed by atoms with E-state index in [4.69, 9.17) is 5.84 Å². The highest BCUT2D eigenvalue weighted by Gasteiger charge is 2.20. The van der Waals surface area contributed by atoms with Crippen LogP contribution in [0.2, 0.25) is 0 Å². The lowest BCUT2D eigenvalue weighted by molar-refractivity contribution is -0.120. The maximum absolute atomic E-state index is 12.4. The van der Waals surface area contributed by atoms with Crippen molar-refractivity contribution in [1.82, 2.24) is 20.2 Å². The molecule has 1 heterocycles. The number of nitrogens with two attached hydrogens (primary N) is 1. The molecular formula is C22H27N5OS. The molecular weight excluding hydrogens is 382 g/mol. The van der Waals surface area contributed by atoms with Gasteiger partial charge in [-0.15, -0.1) is 10.2 Å². The maximum Gasteiger partial charge on any atom is 0.233 e. The van der Waals surface area contributed by atoms with E-state index in [1.807, 2.05) is 49.4 Å². The Morgan fingerprint density at radius 2 is 1.76 bits per heavy atom. The van der Waals surface area contributed by atoms with Gasteiger partial charge in [-0.25, -0.2) is 4.68 Å². The van der Waals surface area contributed by atoms with Crippen LogP contribution in [-0.4, -0.2) is 26.0 Å². The number of benzene rings is 2. The molecule has 0 aliphatic carbocycles. The smallest absolute Gasteiger partial charge is 0.233 e. The number of nitrogens with one attached hydrogen (secondary N) is 1. The molecule has 1 amide bonds. The van der Waals surface area contributed by atoms with E-state index in [0.717, 1.165) is 11.1 Å². The SMILES string of the molecule is C[C@@H](Sc1nnc(-c2ccc(C(C)(C)C)cc2)n1N)C(=O)NCc1ccccc1. The van der Waals surface area contributed by atoms with Crippen molar-refractivity contribution >= 4 is 17.7 Å². The quantitative estimate of drug-likeness (QED) is 0.478. The Hall–Kier alpha value is -2.80. The van der Waals surface area contributed by atoms with Crippen LogP contribution < -0.4 is 11.2 Å². The summed E-state index contributed by atoms with van der Waals surface area (Å²) in [4.78, 5) is 12.4. The standard InChI is InChI=1S/C22H27N5OS/c1-15(20(28)24-14-16-8-6-5-7-9-16)29-21-26-25-19(27(21)23)17-10-12-18(13-11-17)22(2,3)4/h5-13,15H,14,23H2,1-4H3,(H,24,28)/t15-/m1/s1. The number of hydrogen-bond donors (Lipinski definition) is 2. The monoisotopic (exact) mass is 409 g/mol. The summed E-state index contributed by atoms with van der Waals surface area (Å²) in [5.74, 6) is 6.71. The van der Waals surface area contributed by atoms with Crippen LogP contribution in [0.4, 0.5) is 0 Å². The molecule has 0 unspecified atom stereocenters.